The van der Waals surface area contributed by atoms with Gasteiger partial charge in [0.2, 0.25) is 11.8 Å². The molecular formula is C18H13ClN4OS. The molecule has 0 bridgehead atoms. The molecule has 0 amide bonds. The van der Waals surface area contributed by atoms with Crippen LogP contribution in [0.2, 0.25) is 5.02 Å². The average Bonchev–Trinajstić information content (AvgIpc) is 3.31. The van der Waals surface area contributed by atoms with E-state index in [2.05, 4.69) is 20.2 Å². The average molecular weight is 369 g/mol. The molecule has 0 saturated heterocycles. The molecule has 5 nitrogen and oxygen atoms in total. The fraction of sp³-hybridized carbons (Fsp3) is 0.0556. The first kappa shape index (κ1) is 15.9. The maximum absolute atomic E-state index is 6.15. The monoisotopic (exact) mass is 368 g/mol. The van der Waals surface area contributed by atoms with E-state index in [9.17, 15) is 0 Å². The normalized spacial score (nSPS) is 10.9. The van der Waals surface area contributed by atoms with Gasteiger partial charge < -0.3 is 9.40 Å². The third-order valence-corrected chi connectivity index (χ3v) is 4.74. The quantitative estimate of drug-likeness (QED) is 0.498. The Labute approximate surface area is 153 Å². The molecule has 0 saturated carbocycles. The maximum atomic E-state index is 6.15. The van der Waals surface area contributed by atoms with Crippen LogP contribution in [0.4, 0.5) is 0 Å². The van der Waals surface area contributed by atoms with Crippen LogP contribution in [0.25, 0.3) is 22.7 Å². The number of benzene rings is 2. The minimum Gasteiger partial charge on any atom is -0.420 e. The smallest absolute Gasteiger partial charge is 0.249 e. The Balaban J connectivity index is 1.44. The number of nitrogens with zero attached hydrogens (tertiary/aromatic N) is 3. The van der Waals surface area contributed by atoms with Gasteiger partial charge in [0.1, 0.15) is 0 Å². The molecule has 0 spiro atoms. The summed E-state index contributed by atoms with van der Waals surface area (Å²) in [6, 6.07) is 17.5. The zero-order chi connectivity index (χ0) is 17.1. The van der Waals surface area contributed by atoms with Crippen LogP contribution < -0.4 is 0 Å². The number of aromatic amines is 1. The van der Waals surface area contributed by atoms with Gasteiger partial charge in [0, 0.05) is 0 Å². The van der Waals surface area contributed by atoms with E-state index < -0.39 is 0 Å². The third kappa shape index (κ3) is 3.60. The summed E-state index contributed by atoms with van der Waals surface area (Å²) in [5.41, 5.74) is 2.81. The van der Waals surface area contributed by atoms with E-state index in [0.717, 1.165) is 22.0 Å². The molecule has 1 N–H and O–H groups in total. The Bertz CT molecular complexity index is 983. The van der Waals surface area contributed by atoms with E-state index in [-0.39, 0.29) is 0 Å². The molecule has 0 aliphatic carbocycles. The molecule has 2 aromatic carbocycles. The summed E-state index contributed by atoms with van der Waals surface area (Å²) in [4.78, 5) is 7.67. The number of aromatic nitrogens is 4. The van der Waals surface area contributed by atoms with Crippen molar-refractivity contribution >= 4 is 23.4 Å². The lowest BCUT2D eigenvalue weighted by molar-refractivity contribution is 0.528. The minimum atomic E-state index is 0.422. The Morgan fingerprint density at radius 3 is 2.64 bits per heavy atom. The SMILES string of the molecule is Clc1ccccc1-c1nnc(CSc2ncc(-c3ccccc3)[nH]2)o1. The van der Waals surface area contributed by atoms with Gasteiger partial charge in [-0.15, -0.1) is 10.2 Å². The molecule has 0 unspecified atom stereocenters. The van der Waals surface area contributed by atoms with Crippen LogP contribution >= 0.6 is 23.4 Å². The number of H-pyrrole nitrogens is 1. The van der Waals surface area contributed by atoms with E-state index in [4.69, 9.17) is 16.0 Å². The number of thioether (sulfide) groups is 1. The number of halogens is 1. The fourth-order valence-electron chi connectivity index (χ4n) is 2.33. The highest BCUT2D eigenvalue weighted by atomic mass is 35.5. The van der Waals surface area contributed by atoms with Crippen LogP contribution in [0.5, 0.6) is 0 Å². The van der Waals surface area contributed by atoms with Crippen LogP contribution in [0.1, 0.15) is 5.89 Å². The second-order valence-corrected chi connectivity index (χ2v) is 6.61. The summed E-state index contributed by atoms with van der Waals surface area (Å²) in [5.74, 6) is 1.47. The molecule has 0 atom stereocenters. The number of hydrogen-bond donors (Lipinski definition) is 1. The highest BCUT2D eigenvalue weighted by Crippen LogP contribution is 2.28. The van der Waals surface area contributed by atoms with Gasteiger partial charge in [-0.2, -0.15) is 0 Å². The molecule has 0 radical (unpaired) electrons. The van der Waals surface area contributed by atoms with Crippen LogP contribution in [-0.2, 0) is 5.75 Å². The van der Waals surface area contributed by atoms with Gasteiger partial charge in [-0.1, -0.05) is 65.8 Å². The molecule has 25 heavy (non-hydrogen) atoms. The molecule has 7 heteroatoms. The van der Waals surface area contributed by atoms with Gasteiger partial charge in [0.05, 0.1) is 28.2 Å². The largest absolute Gasteiger partial charge is 0.420 e. The van der Waals surface area contributed by atoms with Crippen molar-refractivity contribution in [2.75, 3.05) is 0 Å². The van der Waals surface area contributed by atoms with E-state index in [1.807, 2.05) is 54.7 Å². The molecule has 2 heterocycles. The van der Waals surface area contributed by atoms with Crippen molar-refractivity contribution < 1.29 is 4.42 Å². The zero-order valence-electron chi connectivity index (χ0n) is 13.0. The standard InChI is InChI=1S/C18H13ClN4OS/c19-14-9-5-4-8-13(14)17-23-22-16(24-17)11-25-18-20-10-15(21-18)12-6-2-1-3-7-12/h1-10H,11H2,(H,20,21). The summed E-state index contributed by atoms with van der Waals surface area (Å²) < 4.78 is 5.69. The Kier molecular flexibility index (Phi) is 4.54. The van der Waals surface area contributed by atoms with Crippen molar-refractivity contribution in [1.29, 1.82) is 0 Å². The summed E-state index contributed by atoms with van der Waals surface area (Å²) in [7, 11) is 0. The first-order valence-corrected chi connectivity index (χ1v) is 8.96. The minimum absolute atomic E-state index is 0.422. The van der Waals surface area contributed by atoms with Crippen molar-refractivity contribution in [3.8, 4) is 22.7 Å². The van der Waals surface area contributed by atoms with Gasteiger partial charge in [-0.3, -0.25) is 0 Å². The second kappa shape index (κ2) is 7.13. The molecule has 0 aliphatic heterocycles. The molecule has 124 valence electrons. The second-order valence-electron chi connectivity index (χ2n) is 5.24. The third-order valence-electron chi connectivity index (χ3n) is 3.54. The summed E-state index contributed by atoms with van der Waals surface area (Å²) in [5, 5.41) is 9.53. The highest BCUT2D eigenvalue weighted by molar-refractivity contribution is 7.98. The van der Waals surface area contributed by atoms with E-state index in [1.54, 1.807) is 6.07 Å². The van der Waals surface area contributed by atoms with Gasteiger partial charge >= 0.3 is 0 Å². The predicted octanol–water partition coefficient (Wildman–Crippen LogP) is 5.07. The lowest BCUT2D eigenvalue weighted by atomic mass is 10.2. The van der Waals surface area contributed by atoms with Gasteiger partial charge in [-0.25, -0.2) is 4.98 Å². The van der Waals surface area contributed by atoms with Crippen molar-refractivity contribution in [1.82, 2.24) is 20.2 Å². The molecule has 4 rings (SSSR count). The Morgan fingerprint density at radius 1 is 1.00 bits per heavy atom. The number of rotatable bonds is 5. The van der Waals surface area contributed by atoms with Gasteiger partial charge in [0.15, 0.2) is 5.16 Å². The van der Waals surface area contributed by atoms with Crippen LogP contribution in [0.15, 0.2) is 70.4 Å². The van der Waals surface area contributed by atoms with Gasteiger partial charge in [0.25, 0.3) is 0 Å². The Hall–Kier alpha value is -2.57. The van der Waals surface area contributed by atoms with Crippen molar-refractivity contribution in [2.45, 2.75) is 10.9 Å². The maximum Gasteiger partial charge on any atom is 0.249 e. The van der Waals surface area contributed by atoms with Crippen LogP contribution in [0, 0.1) is 0 Å². The number of nitrogens with one attached hydrogen (secondary N) is 1. The highest BCUT2D eigenvalue weighted by Gasteiger charge is 2.12. The molecule has 4 aromatic rings. The fourth-order valence-corrected chi connectivity index (χ4v) is 3.23. The number of imidazole rings is 1. The van der Waals surface area contributed by atoms with E-state index >= 15 is 0 Å². The van der Waals surface area contributed by atoms with Crippen molar-refractivity contribution in [3.63, 3.8) is 0 Å². The topological polar surface area (TPSA) is 67.6 Å². The van der Waals surface area contributed by atoms with E-state index in [0.29, 0.717) is 22.6 Å². The lowest BCUT2D eigenvalue weighted by Gasteiger charge is -1.97. The van der Waals surface area contributed by atoms with Crippen LogP contribution in [0.3, 0.4) is 0 Å². The van der Waals surface area contributed by atoms with E-state index in [1.165, 1.54) is 11.8 Å². The van der Waals surface area contributed by atoms with Crippen LogP contribution in [-0.4, -0.2) is 20.2 Å². The Morgan fingerprint density at radius 2 is 1.80 bits per heavy atom. The first-order chi connectivity index (χ1) is 12.3. The summed E-state index contributed by atoms with van der Waals surface area (Å²) >= 11 is 7.66. The molecule has 0 aliphatic rings. The first-order valence-electron chi connectivity index (χ1n) is 7.60. The molecular weight excluding hydrogens is 356 g/mol. The predicted molar refractivity (Wildman–Crippen MR) is 98.3 cm³/mol. The van der Waals surface area contributed by atoms with Gasteiger partial charge in [-0.05, 0) is 17.7 Å². The number of hydrogen-bond acceptors (Lipinski definition) is 5. The molecule has 0 fully saturated rings. The summed E-state index contributed by atoms with van der Waals surface area (Å²) in [6.45, 7) is 0. The zero-order valence-corrected chi connectivity index (χ0v) is 14.6. The molecule has 2 aromatic heterocycles. The van der Waals surface area contributed by atoms with Crippen molar-refractivity contribution in [3.05, 3.63) is 71.7 Å². The summed E-state index contributed by atoms with van der Waals surface area (Å²) in [6.07, 6.45) is 1.82. The van der Waals surface area contributed by atoms with Crippen molar-refractivity contribution in [2.24, 2.45) is 0 Å². The lowest BCUT2D eigenvalue weighted by Crippen LogP contribution is -1.82.